The molecule has 4 heterocycles. The quantitative estimate of drug-likeness (QED) is 0.205. The Labute approximate surface area is 259 Å². The summed E-state index contributed by atoms with van der Waals surface area (Å²) in [5, 5.41) is 19.9. The molecule has 1 fully saturated rings. The van der Waals surface area contributed by atoms with Crippen LogP contribution >= 0.6 is 46.1 Å². The van der Waals surface area contributed by atoms with E-state index in [4.69, 9.17) is 44.9 Å². The van der Waals surface area contributed by atoms with Crippen molar-refractivity contribution in [3.8, 4) is 5.75 Å². The minimum atomic E-state index is -0.566. The minimum Gasteiger partial charge on any atom is -0.494 e. The lowest BCUT2D eigenvalue weighted by Crippen LogP contribution is -2.50. The van der Waals surface area contributed by atoms with E-state index in [1.807, 2.05) is 5.38 Å². The van der Waals surface area contributed by atoms with Crippen LogP contribution in [0.1, 0.15) is 38.3 Å². The van der Waals surface area contributed by atoms with Crippen molar-refractivity contribution in [2.24, 2.45) is 0 Å². The molecule has 1 aromatic carbocycles. The Morgan fingerprint density at radius 2 is 2.00 bits per heavy atom. The van der Waals surface area contributed by atoms with Gasteiger partial charge in [0.1, 0.15) is 22.7 Å². The summed E-state index contributed by atoms with van der Waals surface area (Å²) in [5.41, 5.74) is 1.08. The summed E-state index contributed by atoms with van der Waals surface area (Å²) < 4.78 is 7.18. The van der Waals surface area contributed by atoms with Gasteiger partial charge in [0.15, 0.2) is 0 Å². The molecular formula is C27H25Cl3N8O3S. The molecule has 1 saturated heterocycles. The molecule has 0 saturated carbocycles. The second kappa shape index (κ2) is 13.2. The number of pyridine rings is 1. The van der Waals surface area contributed by atoms with Gasteiger partial charge in [-0.15, -0.1) is 11.3 Å². The number of benzene rings is 1. The summed E-state index contributed by atoms with van der Waals surface area (Å²) in [6, 6.07) is 7.83. The first kappa shape index (κ1) is 30.0. The van der Waals surface area contributed by atoms with Crippen molar-refractivity contribution in [3.63, 3.8) is 0 Å². The van der Waals surface area contributed by atoms with E-state index in [-0.39, 0.29) is 44.6 Å². The van der Waals surface area contributed by atoms with E-state index in [0.29, 0.717) is 16.6 Å². The average Bonchev–Trinajstić information content (AvgIpc) is 3.35. The number of anilines is 2. The van der Waals surface area contributed by atoms with Gasteiger partial charge in [-0.25, -0.2) is 9.97 Å². The third-order valence-corrected chi connectivity index (χ3v) is 8.46. The Morgan fingerprint density at radius 1 is 1.17 bits per heavy atom. The molecule has 42 heavy (non-hydrogen) atoms. The number of ether oxygens (including phenoxy) is 1. The van der Waals surface area contributed by atoms with E-state index < -0.39 is 11.8 Å². The fourth-order valence-electron chi connectivity index (χ4n) is 4.50. The molecule has 0 radical (unpaired) electrons. The molecule has 0 aliphatic carbocycles. The number of hydrogen-bond donors (Lipinski definition) is 4. The topological polar surface area (TPSA) is 137 Å². The van der Waals surface area contributed by atoms with E-state index in [1.165, 1.54) is 36.8 Å². The summed E-state index contributed by atoms with van der Waals surface area (Å²) in [5.74, 6) is -0.623. The van der Waals surface area contributed by atoms with E-state index in [1.54, 1.807) is 35.2 Å². The third-order valence-electron chi connectivity index (χ3n) is 6.45. The number of nitrogens with one attached hydrogen (secondary N) is 4. The molecule has 15 heteroatoms. The van der Waals surface area contributed by atoms with Crippen LogP contribution in [0.15, 0.2) is 54.3 Å². The second-order valence-electron chi connectivity index (χ2n) is 9.21. The van der Waals surface area contributed by atoms with Crippen LogP contribution < -0.4 is 26.3 Å². The standard InChI is InChI=1S/C27H25Cl3N8O3S/c1-41-19-11-17(29)10-18(24(39)35-20-5-4-16(28)12-34-20)22(19)36-25(40)23-21(30)15(14-42-23)13-37-8-2-7-33-27(37)38-9-3-6-32-26(38)31/h3-6,9-12,14,27,31,33H,2,7-8,13H2,1H3,(H,36,40)(H,34,35,39). The molecule has 1 unspecified atom stereocenters. The van der Waals surface area contributed by atoms with Crippen LogP contribution in [0, 0.1) is 5.41 Å². The summed E-state index contributed by atoms with van der Waals surface area (Å²) in [4.78, 5) is 37.3. The van der Waals surface area contributed by atoms with Crippen molar-refractivity contribution < 1.29 is 14.3 Å². The van der Waals surface area contributed by atoms with E-state index in [0.717, 1.165) is 25.1 Å². The highest BCUT2D eigenvalue weighted by Crippen LogP contribution is 2.36. The number of methoxy groups -OCH3 is 1. The van der Waals surface area contributed by atoms with Gasteiger partial charge in [0.2, 0.25) is 5.62 Å². The van der Waals surface area contributed by atoms with Crippen molar-refractivity contribution in [1.82, 2.24) is 24.8 Å². The van der Waals surface area contributed by atoms with Crippen molar-refractivity contribution in [3.05, 3.63) is 91.0 Å². The number of rotatable bonds is 8. The van der Waals surface area contributed by atoms with Crippen LogP contribution in [-0.4, -0.2) is 51.4 Å². The molecule has 4 aromatic rings. The number of amides is 2. The molecule has 11 nitrogen and oxygen atoms in total. The van der Waals surface area contributed by atoms with Crippen molar-refractivity contribution in [2.75, 3.05) is 30.8 Å². The molecule has 4 N–H and O–H groups in total. The molecule has 2 amide bonds. The Kier molecular flexibility index (Phi) is 9.41. The Hall–Kier alpha value is -3.52. The van der Waals surface area contributed by atoms with Gasteiger partial charge in [-0.05, 0) is 48.2 Å². The number of aromatic nitrogens is 3. The number of halogens is 3. The zero-order valence-corrected chi connectivity index (χ0v) is 25.2. The maximum absolute atomic E-state index is 13.5. The van der Waals surface area contributed by atoms with Gasteiger partial charge in [0, 0.05) is 42.8 Å². The Morgan fingerprint density at radius 3 is 2.74 bits per heavy atom. The molecule has 3 aromatic heterocycles. The van der Waals surface area contributed by atoms with Crippen LogP contribution in [0.4, 0.5) is 11.5 Å². The van der Waals surface area contributed by atoms with Gasteiger partial charge in [0.05, 0.1) is 28.4 Å². The van der Waals surface area contributed by atoms with Crippen molar-refractivity contribution in [2.45, 2.75) is 19.3 Å². The molecular weight excluding hydrogens is 623 g/mol. The largest absolute Gasteiger partial charge is 0.494 e. The van der Waals surface area contributed by atoms with E-state index in [2.05, 4.69) is 30.8 Å². The molecule has 218 valence electrons. The summed E-state index contributed by atoms with van der Waals surface area (Å²) >= 11 is 20.1. The zero-order chi connectivity index (χ0) is 29.8. The highest BCUT2D eigenvalue weighted by atomic mass is 35.5. The van der Waals surface area contributed by atoms with Crippen LogP contribution in [0.2, 0.25) is 15.1 Å². The molecule has 0 bridgehead atoms. The smallest absolute Gasteiger partial charge is 0.267 e. The molecule has 5 rings (SSSR count). The lowest BCUT2D eigenvalue weighted by atomic mass is 10.1. The lowest BCUT2D eigenvalue weighted by Gasteiger charge is -2.37. The number of hydrogen-bond acceptors (Lipinski definition) is 9. The summed E-state index contributed by atoms with van der Waals surface area (Å²) in [6.45, 7) is 1.99. The number of carbonyl (C=O) groups excluding carboxylic acids is 2. The normalized spacial score (nSPS) is 15.3. The summed E-state index contributed by atoms with van der Waals surface area (Å²) in [6.07, 6.45) is 5.40. The van der Waals surface area contributed by atoms with Gasteiger partial charge >= 0.3 is 0 Å². The van der Waals surface area contributed by atoms with Gasteiger partial charge in [-0.1, -0.05) is 34.8 Å². The van der Waals surface area contributed by atoms with Crippen molar-refractivity contribution in [1.29, 1.82) is 5.41 Å². The first-order valence-electron chi connectivity index (χ1n) is 12.7. The number of nitrogens with zero attached hydrogens (tertiary/aromatic N) is 4. The number of thiophene rings is 1. The van der Waals surface area contributed by atoms with Crippen LogP contribution in [-0.2, 0) is 6.54 Å². The zero-order valence-electron chi connectivity index (χ0n) is 22.2. The lowest BCUT2D eigenvalue weighted by molar-refractivity contribution is 0.0639. The first-order chi connectivity index (χ1) is 20.2. The average molecular weight is 648 g/mol. The molecule has 1 atom stereocenters. The van der Waals surface area contributed by atoms with Crippen molar-refractivity contribution >= 4 is 69.5 Å². The van der Waals surface area contributed by atoms with E-state index in [9.17, 15) is 9.59 Å². The molecule has 1 aliphatic rings. The summed E-state index contributed by atoms with van der Waals surface area (Å²) in [7, 11) is 1.41. The maximum Gasteiger partial charge on any atom is 0.267 e. The fourth-order valence-corrected chi connectivity index (χ4v) is 6.06. The monoisotopic (exact) mass is 646 g/mol. The fraction of sp³-hybridized carbons (Fsp3) is 0.222. The molecule has 1 aliphatic heterocycles. The van der Waals surface area contributed by atoms with Crippen LogP contribution in [0.25, 0.3) is 0 Å². The van der Waals surface area contributed by atoms with Crippen LogP contribution in [0.3, 0.4) is 0 Å². The predicted molar refractivity (Wildman–Crippen MR) is 163 cm³/mol. The molecule has 0 spiro atoms. The minimum absolute atomic E-state index is 0.0688. The first-order valence-corrected chi connectivity index (χ1v) is 14.7. The van der Waals surface area contributed by atoms with Gasteiger partial charge in [0.25, 0.3) is 11.8 Å². The van der Waals surface area contributed by atoms with Crippen LogP contribution in [0.5, 0.6) is 5.75 Å². The van der Waals surface area contributed by atoms with E-state index >= 15 is 0 Å². The predicted octanol–water partition coefficient (Wildman–Crippen LogP) is 5.24. The highest BCUT2D eigenvalue weighted by Gasteiger charge is 2.27. The highest BCUT2D eigenvalue weighted by molar-refractivity contribution is 7.13. The maximum atomic E-state index is 13.5. The van der Waals surface area contributed by atoms with Gasteiger partial charge < -0.3 is 15.4 Å². The van der Waals surface area contributed by atoms with Gasteiger partial charge in [-0.3, -0.25) is 29.8 Å². The third kappa shape index (κ3) is 6.59. The Bertz CT molecular complexity index is 1680. The Balaban J connectivity index is 1.38. The number of carbonyl (C=O) groups is 2. The van der Waals surface area contributed by atoms with Gasteiger partial charge in [-0.2, -0.15) is 0 Å². The second-order valence-corrected chi connectivity index (χ2v) is 11.3. The SMILES string of the molecule is COc1cc(Cl)cc(C(=O)Nc2ccc(Cl)cn2)c1NC(=O)c1scc(CN2CCCNC2n2cccnc2=N)c1Cl.